The summed E-state index contributed by atoms with van der Waals surface area (Å²) in [4.78, 5) is 29.1. The number of rotatable bonds is 5. The highest BCUT2D eigenvalue weighted by Gasteiger charge is 2.51. The van der Waals surface area contributed by atoms with Crippen molar-refractivity contribution in [2.24, 2.45) is 0 Å². The summed E-state index contributed by atoms with van der Waals surface area (Å²) in [6, 6.07) is 0.227. The van der Waals surface area contributed by atoms with E-state index >= 15 is 0 Å². The number of alkyl halides is 2. The molecular formula is C13H14F2N4O4. The van der Waals surface area contributed by atoms with Gasteiger partial charge in [0.25, 0.3) is 0 Å². The molecule has 0 aliphatic carbocycles. The van der Waals surface area contributed by atoms with Gasteiger partial charge in [-0.2, -0.15) is 23.8 Å². The van der Waals surface area contributed by atoms with Crippen molar-refractivity contribution >= 4 is 17.7 Å². The molecule has 3 heterocycles. The minimum atomic E-state index is -4.23. The van der Waals surface area contributed by atoms with Crippen molar-refractivity contribution < 1.29 is 27.9 Å². The first-order valence-corrected chi connectivity index (χ1v) is 6.95. The number of urea groups is 1. The normalized spacial score (nSPS) is 20.7. The van der Waals surface area contributed by atoms with E-state index in [1.807, 2.05) is 0 Å². The quantitative estimate of drug-likeness (QED) is 0.752. The summed E-state index contributed by atoms with van der Waals surface area (Å²) in [5, 5.41) is 4.55. The third kappa shape index (κ3) is 2.77. The maximum absolute atomic E-state index is 13.7. The number of amides is 2. The molecule has 1 fully saturated rings. The number of fused-ring (bicyclic) bond motifs is 2. The Morgan fingerprint density at radius 1 is 1.52 bits per heavy atom. The van der Waals surface area contributed by atoms with E-state index in [9.17, 15) is 18.4 Å². The van der Waals surface area contributed by atoms with Crippen LogP contribution in [0.5, 0.6) is 0 Å². The highest BCUT2D eigenvalue weighted by molar-refractivity contribution is 5.81. The number of carbonyl (C=O) groups is 2. The Morgan fingerprint density at radius 3 is 2.96 bits per heavy atom. The molecule has 124 valence electrons. The Kier molecular flexibility index (Phi) is 3.76. The van der Waals surface area contributed by atoms with Crippen LogP contribution >= 0.6 is 0 Å². The number of hydroxylamine groups is 2. The van der Waals surface area contributed by atoms with Gasteiger partial charge in [0, 0.05) is 18.9 Å². The van der Waals surface area contributed by atoms with Gasteiger partial charge in [0.15, 0.2) is 0 Å². The smallest absolute Gasteiger partial charge is 0.460 e. The van der Waals surface area contributed by atoms with E-state index < -0.39 is 24.2 Å². The standard InChI is InChI=1S/C13H14F2N4O4/c1-2-22-11(20)13(14,15)23-19-10-6-9(18-5-3-4-16-18)7-17(8-10)12(19)21/h3-6,10H,2,7-8H2,1H3. The summed E-state index contributed by atoms with van der Waals surface area (Å²) in [5.41, 5.74) is 0.658. The topological polar surface area (TPSA) is 76.9 Å². The Balaban J connectivity index is 1.79. The van der Waals surface area contributed by atoms with Crippen LogP contribution in [0.25, 0.3) is 5.70 Å². The molecule has 0 N–H and O–H groups in total. The van der Waals surface area contributed by atoms with Crippen molar-refractivity contribution in [2.75, 3.05) is 19.7 Å². The third-order valence-electron chi connectivity index (χ3n) is 3.43. The summed E-state index contributed by atoms with van der Waals surface area (Å²) < 4.78 is 33.2. The maximum Gasteiger partial charge on any atom is 0.477 e. The minimum absolute atomic E-state index is 0.197. The molecule has 8 nitrogen and oxygen atoms in total. The molecule has 3 rings (SSSR count). The van der Waals surface area contributed by atoms with Gasteiger partial charge in [-0.25, -0.2) is 14.3 Å². The predicted octanol–water partition coefficient (Wildman–Crippen LogP) is 0.931. The average molecular weight is 328 g/mol. The second-order valence-corrected chi connectivity index (χ2v) is 4.99. The van der Waals surface area contributed by atoms with Crippen LogP contribution in [-0.2, 0) is 14.4 Å². The fourth-order valence-corrected chi connectivity index (χ4v) is 2.45. The number of carbonyl (C=O) groups excluding carboxylic acids is 2. The van der Waals surface area contributed by atoms with E-state index in [-0.39, 0.29) is 19.7 Å². The molecule has 1 unspecified atom stereocenters. The number of hydrogen-bond donors (Lipinski definition) is 0. The zero-order valence-electron chi connectivity index (χ0n) is 12.2. The second-order valence-electron chi connectivity index (χ2n) is 4.99. The molecule has 1 atom stereocenters. The van der Waals surface area contributed by atoms with Crippen molar-refractivity contribution in [3.63, 3.8) is 0 Å². The molecule has 0 spiro atoms. The summed E-state index contributed by atoms with van der Waals surface area (Å²) in [7, 11) is 0. The van der Waals surface area contributed by atoms with E-state index in [1.165, 1.54) is 11.8 Å². The molecule has 2 bridgehead atoms. The fraction of sp³-hybridized carbons (Fsp3) is 0.462. The summed E-state index contributed by atoms with van der Waals surface area (Å²) >= 11 is 0. The van der Waals surface area contributed by atoms with Gasteiger partial charge >= 0.3 is 18.1 Å². The van der Waals surface area contributed by atoms with Gasteiger partial charge in [0.2, 0.25) is 0 Å². The van der Waals surface area contributed by atoms with Crippen molar-refractivity contribution in [3.8, 4) is 0 Å². The molecule has 23 heavy (non-hydrogen) atoms. The Labute approximate surface area is 129 Å². The van der Waals surface area contributed by atoms with Gasteiger partial charge in [-0.05, 0) is 19.1 Å². The van der Waals surface area contributed by atoms with Crippen LogP contribution in [0.2, 0.25) is 0 Å². The maximum atomic E-state index is 13.7. The van der Waals surface area contributed by atoms with E-state index in [2.05, 4.69) is 14.7 Å². The van der Waals surface area contributed by atoms with Gasteiger partial charge in [0.05, 0.1) is 24.9 Å². The SMILES string of the molecule is CCOC(=O)C(F)(F)ON1C(=O)N2CC(n3cccn3)=CC1C2. The third-order valence-corrected chi connectivity index (χ3v) is 3.43. The van der Waals surface area contributed by atoms with E-state index in [0.717, 1.165) is 0 Å². The van der Waals surface area contributed by atoms with Crippen LogP contribution in [-0.4, -0.2) is 63.6 Å². The summed E-state index contributed by atoms with van der Waals surface area (Å²) in [6.07, 6.45) is 0.623. The molecule has 2 aliphatic rings. The van der Waals surface area contributed by atoms with Crippen LogP contribution in [0.4, 0.5) is 13.6 Å². The molecule has 1 saturated heterocycles. The van der Waals surface area contributed by atoms with Crippen molar-refractivity contribution in [1.82, 2.24) is 19.7 Å². The molecule has 0 radical (unpaired) electrons. The van der Waals surface area contributed by atoms with Gasteiger partial charge in [-0.15, -0.1) is 0 Å². The average Bonchev–Trinajstić information content (AvgIpc) is 3.11. The lowest BCUT2D eigenvalue weighted by molar-refractivity contribution is -0.326. The molecule has 2 amide bonds. The molecule has 1 aromatic heterocycles. The monoisotopic (exact) mass is 328 g/mol. The number of esters is 1. The predicted molar refractivity (Wildman–Crippen MR) is 71.8 cm³/mol. The van der Waals surface area contributed by atoms with Crippen LogP contribution in [0, 0.1) is 0 Å². The second kappa shape index (κ2) is 5.61. The molecule has 0 saturated carbocycles. The Morgan fingerprint density at radius 2 is 2.30 bits per heavy atom. The number of halogens is 2. The van der Waals surface area contributed by atoms with Crippen LogP contribution in [0.15, 0.2) is 24.5 Å². The Hall–Kier alpha value is -2.49. The van der Waals surface area contributed by atoms with E-state index in [4.69, 9.17) is 0 Å². The lowest BCUT2D eigenvalue weighted by Crippen LogP contribution is -2.44. The van der Waals surface area contributed by atoms with Crippen molar-refractivity contribution in [1.29, 1.82) is 0 Å². The van der Waals surface area contributed by atoms with E-state index in [0.29, 0.717) is 10.8 Å². The number of aromatic nitrogens is 2. The van der Waals surface area contributed by atoms with Gasteiger partial charge in [-0.3, -0.25) is 0 Å². The number of nitrogens with zero attached hydrogens (tertiary/aromatic N) is 4. The molecule has 2 aliphatic heterocycles. The lowest BCUT2D eigenvalue weighted by Gasteiger charge is -2.24. The zero-order chi connectivity index (χ0) is 16.6. The number of ether oxygens (including phenoxy) is 1. The Bertz CT molecular complexity index is 646. The summed E-state index contributed by atoms with van der Waals surface area (Å²) in [5.74, 6) is -1.83. The van der Waals surface area contributed by atoms with Crippen LogP contribution < -0.4 is 0 Å². The first kappa shape index (κ1) is 15.4. The molecule has 10 heteroatoms. The van der Waals surface area contributed by atoms with Gasteiger partial charge in [-0.1, -0.05) is 0 Å². The van der Waals surface area contributed by atoms with Crippen LogP contribution in [0.1, 0.15) is 6.92 Å². The first-order valence-electron chi connectivity index (χ1n) is 6.95. The van der Waals surface area contributed by atoms with E-state index in [1.54, 1.807) is 29.2 Å². The first-order chi connectivity index (χ1) is 10.9. The fourth-order valence-electron chi connectivity index (χ4n) is 2.45. The highest BCUT2D eigenvalue weighted by Crippen LogP contribution is 2.30. The lowest BCUT2D eigenvalue weighted by atomic mass is 10.2. The van der Waals surface area contributed by atoms with Gasteiger partial charge < -0.3 is 9.64 Å². The van der Waals surface area contributed by atoms with Crippen molar-refractivity contribution in [2.45, 2.75) is 19.1 Å². The minimum Gasteiger partial charge on any atom is -0.460 e. The molecule has 1 aromatic rings. The number of hydrogen-bond acceptors (Lipinski definition) is 5. The molecular weight excluding hydrogens is 314 g/mol. The summed E-state index contributed by atoms with van der Waals surface area (Å²) in [6.45, 7) is 1.59. The van der Waals surface area contributed by atoms with Crippen LogP contribution in [0.3, 0.4) is 0 Å². The highest BCUT2D eigenvalue weighted by atomic mass is 19.3. The molecule has 0 aromatic carbocycles. The van der Waals surface area contributed by atoms with Gasteiger partial charge in [0.1, 0.15) is 0 Å². The zero-order valence-corrected chi connectivity index (χ0v) is 12.2. The van der Waals surface area contributed by atoms with Crippen molar-refractivity contribution in [3.05, 3.63) is 24.5 Å². The largest absolute Gasteiger partial charge is 0.477 e.